The van der Waals surface area contributed by atoms with E-state index < -0.39 is 11.7 Å². The van der Waals surface area contributed by atoms with Crippen molar-refractivity contribution in [2.24, 2.45) is 11.1 Å². The fourth-order valence-electron chi connectivity index (χ4n) is 2.51. The van der Waals surface area contributed by atoms with E-state index in [-0.39, 0.29) is 5.41 Å². The van der Waals surface area contributed by atoms with Crippen LogP contribution in [-0.2, 0) is 12.7 Å². The third-order valence-electron chi connectivity index (χ3n) is 4.24. The van der Waals surface area contributed by atoms with E-state index in [0.29, 0.717) is 13.1 Å². The number of benzene rings is 1. The van der Waals surface area contributed by atoms with E-state index in [0.717, 1.165) is 43.6 Å². The maximum absolute atomic E-state index is 12.5. The van der Waals surface area contributed by atoms with E-state index in [1.54, 1.807) is 12.1 Å². The van der Waals surface area contributed by atoms with Crippen LogP contribution in [0.4, 0.5) is 13.2 Å². The molecule has 1 aliphatic heterocycles. The number of hydrogen-bond acceptors (Lipinski definition) is 2. The van der Waals surface area contributed by atoms with Gasteiger partial charge in [-0.1, -0.05) is 19.1 Å². The first-order valence-corrected chi connectivity index (χ1v) is 6.91. The molecule has 112 valence electrons. The molecule has 0 amide bonds. The van der Waals surface area contributed by atoms with Crippen molar-refractivity contribution in [1.82, 2.24) is 4.90 Å². The summed E-state index contributed by atoms with van der Waals surface area (Å²) >= 11 is 0. The number of likely N-dealkylation sites (tertiary alicyclic amines) is 1. The van der Waals surface area contributed by atoms with Crippen LogP contribution >= 0.6 is 0 Å². The van der Waals surface area contributed by atoms with Crippen LogP contribution < -0.4 is 5.73 Å². The van der Waals surface area contributed by atoms with Crippen LogP contribution in [0.15, 0.2) is 24.3 Å². The van der Waals surface area contributed by atoms with Gasteiger partial charge in [0.05, 0.1) is 5.56 Å². The number of halogens is 3. The average Bonchev–Trinajstić information content (AvgIpc) is 2.41. The van der Waals surface area contributed by atoms with Crippen molar-refractivity contribution in [1.29, 1.82) is 0 Å². The van der Waals surface area contributed by atoms with E-state index in [4.69, 9.17) is 5.73 Å². The molecule has 2 rings (SSSR count). The molecular weight excluding hydrogens is 265 g/mol. The highest BCUT2D eigenvalue weighted by Crippen LogP contribution is 2.31. The first kappa shape index (κ1) is 15.3. The first-order valence-electron chi connectivity index (χ1n) is 6.91. The summed E-state index contributed by atoms with van der Waals surface area (Å²) in [5, 5.41) is 0. The Kier molecular flexibility index (Phi) is 4.39. The van der Waals surface area contributed by atoms with Gasteiger partial charge in [0.1, 0.15) is 0 Å². The molecule has 1 aromatic rings. The van der Waals surface area contributed by atoms with Gasteiger partial charge in [0, 0.05) is 6.54 Å². The Morgan fingerprint density at radius 1 is 1.15 bits per heavy atom. The van der Waals surface area contributed by atoms with Gasteiger partial charge in [0.15, 0.2) is 0 Å². The van der Waals surface area contributed by atoms with E-state index in [9.17, 15) is 13.2 Å². The number of piperidine rings is 1. The van der Waals surface area contributed by atoms with Crippen molar-refractivity contribution >= 4 is 0 Å². The Balaban J connectivity index is 1.92. The topological polar surface area (TPSA) is 29.3 Å². The molecule has 0 spiro atoms. The minimum absolute atomic E-state index is 0.219. The van der Waals surface area contributed by atoms with Gasteiger partial charge in [0.2, 0.25) is 0 Å². The maximum Gasteiger partial charge on any atom is 0.416 e. The Morgan fingerprint density at radius 2 is 1.70 bits per heavy atom. The summed E-state index contributed by atoms with van der Waals surface area (Å²) in [4.78, 5) is 2.28. The minimum Gasteiger partial charge on any atom is -0.330 e. The number of rotatable bonds is 3. The van der Waals surface area contributed by atoms with E-state index in [2.05, 4.69) is 11.8 Å². The molecule has 1 fully saturated rings. The van der Waals surface area contributed by atoms with Gasteiger partial charge in [-0.2, -0.15) is 13.2 Å². The molecule has 1 aliphatic rings. The molecule has 1 saturated heterocycles. The number of hydrogen-bond donors (Lipinski definition) is 1. The van der Waals surface area contributed by atoms with Gasteiger partial charge < -0.3 is 5.73 Å². The van der Waals surface area contributed by atoms with E-state index in [1.807, 2.05) is 0 Å². The van der Waals surface area contributed by atoms with Gasteiger partial charge in [-0.15, -0.1) is 0 Å². The summed E-state index contributed by atoms with van der Waals surface area (Å²) in [6.45, 7) is 5.51. The van der Waals surface area contributed by atoms with E-state index in [1.165, 1.54) is 0 Å². The standard InChI is InChI=1S/C15H21F3N2/c1-14(11-19)6-8-20(9-7-14)10-12-2-4-13(5-3-12)15(16,17)18/h2-5H,6-11,19H2,1H3. The number of nitrogens with two attached hydrogens (primary N) is 1. The molecule has 1 heterocycles. The van der Waals surface area contributed by atoms with Gasteiger partial charge in [-0.25, -0.2) is 0 Å². The molecule has 0 unspecified atom stereocenters. The summed E-state index contributed by atoms with van der Waals surface area (Å²) in [6, 6.07) is 5.45. The van der Waals surface area contributed by atoms with Crippen LogP contribution in [0, 0.1) is 5.41 Å². The van der Waals surface area contributed by atoms with E-state index >= 15 is 0 Å². The van der Waals surface area contributed by atoms with Gasteiger partial charge in [-0.3, -0.25) is 4.90 Å². The fraction of sp³-hybridized carbons (Fsp3) is 0.600. The van der Waals surface area contributed by atoms with Gasteiger partial charge in [0.25, 0.3) is 0 Å². The Morgan fingerprint density at radius 3 is 2.15 bits per heavy atom. The van der Waals surface area contributed by atoms with Crippen LogP contribution in [0.5, 0.6) is 0 Å². The number of alkyl halides is 3. The second-order valence-electron chi connectivity index (χ2n) is 5.99. The van der Waals surface area contributed by atoms with Crippen LogP contribution in [0.3, 0.4) is 0 Å². The Bertz CT molecular complexity index is 431. The van der Waals surface area contributed by atoms with Crippen molar-refractivity contribution in [2.75, 3.05) is 19.6 Å². The van der Waals surface area contributed by atoms with Crippen LogP contribution in [0.1, 0.15) is 30.9 Å². The van der Waals surface area contributed by atoms with Crippen molar-refractivity contribution in [3.8, 4) is 0 Å². The highest BCUT2D eigenvalue weighted by Gasteiger charge is 2.30. The summed E-state index contributed by atoms with van der Waals surface area (Å²) in [6.07, 6.45) is -2.17. The summed E-state index contributed by atoms with van der Waals surface area (Å²) in [7, 11) is 0. The largest absolute Gasteiger partial charge is 0.416 e. The molecule has 5 heteroatoms. The zero-order valence-corrected chi connectivity index (χ0v) is 11.7. The van der Waals surface area contributed by atoms with Crippen LogP contribution in [0.2, 0.25) is 0 Å². The highest BCUT2D eigenvalue weighted by molar-refractivity contribution is 5.24. The van der Waals surface area contributed by atoms with Crippen molar-refractivity contribution in [2.45, 2.75) is 32.5 Å². The lowest BCUT2D eigenvalue weighted by Gasteiger charge is -2.38. The number of nitrogens with zero attached hydrogens (tertiary/aromatic N) is 1. The Labute approximate surface area is 117 Å². The molecular formula is C15H21F3N2. The molecule has 2 N–H and O–H groups in total. The third-order valence-corrected chi connectivity index (χ3v) is 4.24. The molecule has 0 radical (unpaired) electrons. The third kappa shape index (κ3) is 3.73. The van der Waals surface area contributed by atoms with Crippen LogP contribution in [0.25, 0.3) is 0 Å². The summed E-state index contributed by atoms with van der Waals surface area (Å²) in [5.41, 5.74) is 6.32. The molecule has 0 aliphatic carbocycles. The maximum atomic E-state index is 12.5. The molecule has 20 heavy (non-hydrogen) atoms. The lowest BCUT2D eigenvalue weighted by atomic mass is 9.80. The van der Waals surface area contributed by atoms with Crippen molar-refractivity contribution < 1.29 is 13.2 Å². The molecule has 0 saturated carbocycles. The average molecular weight is 286 g/mol. The summed E-state index contributed by atoms with van der Waals surface area (Å²) in [5.74, 6) is 0. The molecule has 1 aromatic carbocycles. The SMILES string of the molecule is CC1(CN)CCN(Cc2ccc(C(F)(F)F)cc2)CC1. The fourth-order valence-corrected chi connectivity index (χ4v) is 2.51. The van der Waals surface area contributed by atoms with Gasteiger partial charge >= 0.3 is 6.18 Å². The quantitative estimate of drug-likeness (QED) is 0.924. The molecule has 0 bridgehead atoms. The second kappa shape index (κ2) is 5.74. The molecule has 0 aromatic heterocycles. The monoisotopic (exact) mass is 286 g/mol. The lowest BCUT2D eigenvalue weighted by Crippen LogP contribution is -2.41. The zero-order chi connectivity index (χ0) is 14.8. The molecule has 2 nitrogen and oxygen atoms in total. The lowest BCUT2D eigenvalue weighted by molar-refractivity contribution is -0.137. The summed E-state index contributed by atoms with van der Waals surface area (Å²) < 4.78 is 37.4. The highest BCUT2D eigenvalue weighted by atomic mass is 19.4. The normalized spacial score (nSPS) is 20.1. The van der Waals surface area contributed by atoms with Gasteiger partial charge in [-0.05, 0) is 55.6 Å². The first-order chi connectivity index (χ1) is 9.32. The predicted octanol–water partition coefficient (Wildman–Crippen LogP) is 3.27. The smallest absolute Gasteiger partial charge is 0.330 e. The predicted molar refractivity (Wildman–Crippen MR) is 73.1 cm³/mol. The second-order valence-corrected chi connectivity index (χ2v) is 5.99. The van der Waals surface area contributed by atoms with Crippen molar-refractivity contribution in [3.05, 3.63) is 35.4 Å². The van der Waals surface area contributed by atoms with Crippen LogP contribution in [-0.4, -0.2) is 24.5 Å². The zero-order valence-electron chi connectivity index (χ0n) is 11.7. The molecule has 0 atom stereocenters. The Hall–Kier alpha value is -1.07. The minimum atomic E-state index is -4.26. The van der Waals surface area contributed by atoms with Crippen molar-refractivity contribution in [3.63, 3.8) is 0 Å².